The lowest BCUT2D eigenvalue weighted by atomic mass is 10.2. The maximum atomic E-state index is 4.37. The monoisotopic (exact) mass is 353 g/mol. The average Bonchev–Trinajstić information content (AvgIpc) is 2.68. The van der Waals surface area contributed by atoms with E-state index in [4.69, 9.17) is 0 Å². The third kappa shape index (κ3) is 4.11. The highest BCUT2D eigenvalue weighted by atomic mass is 79.9. The molecule has 5 heteroatoms. The molecule has 0 bridgehead atoms. The van der Waals surface area contributed by atoms with Crippen molar-refractivity contribution in [3.8, 4) is 0 Å². The maximum Gasteiger partial charge on any atom is 0.0987 e. The van der Waals surface area contributed by atoms with Gasteiger partial charge >= 0.3 is 0 Å². The van der Waals surface area contributed by atoms with Gasteiger partial charge in [0.15, 0.2) is 0 Å². The van der Waals surface area contributed by atoms with Crippen LogP contribution in [0.2, 0.25) is 0 Å². The molecule has 0 saturated heterocycles. The van der Waals surface area contributed by atoms with Gasteiger partial charge in [0.2, 0.25) is 0 Å². The molecular formula is C15H20BrN3S. The topological polar surface area (TPSA) is 29.9 Å². The van der Waals surface area contributed by atoms with E-state index in [9.17, 15) is 0 Å². The maximum absolute atomic E-state index is 4.37. The van der Waals surface area contributed by atoms with Crippen molar-refractivity contribution in [2.45, 2.75) is 43.3 Å². The van der Waals surface area contributed by atoms with Gasteiger partial charge < -0.3 is 5.32 Å². The minimum Gasteiger partial charge on any atom is -0.310 e. The summed E-state index contributed by atoms with van der Waals surface area (Å²) < 4.78 is 3.05. The van der Waals surface area contributed by atoms with Crippen molar-refractivity contribution in [1.29, 1.82) is 0 Å². The number of hydrogen-bond acceptors (Lipinski definition) is 3. The number of aryl methyl sites for hydroxylation is 2. The van der Waals surface area contributed by atoms with E-state index in [1.54, 1.807) is 11.8 Å². The van der Waals surface area contributed by atoms with Gasteiger partial charge in [-0.25, -0.2) is 0 Å². The number of rotatable bonds is 5. The standard InChI is InChI=1S/C15H20BrN3S/c1-10(2)17-9-12-5-6-14(13(16)8-12)20-15-7-11(3)18-19(15)4/h5-8,10,17H,9H2,1-4H3. The van der Waals surface area contributed by atoms with Gasteiger partial charge in [0.25, 0.3) is 0 Å². The molecule has 0 saturated carbocycles. The average molecular weight is 354 g/mol. The normalized spacial score (nSPS) is 11.3. The van der Waals surface area contributed by atoms with E-state index in [1.807, 2.05) is 18.7 Å². The fourth-order valence-electron chi connectivity index (χ4n) is 1.85. The molecule has 0 fully saturated rings. The highest BCUT2D eigenvalue weighted by molar-refractivity contribution is 9.10. The van der Waals surface area contributed by atoms with E-state index >= 15 is 0 Å². The first kappa shape index (κ1) is 15.6. The third-order valence-corrected chi connectivity index (χ3v) is 4.97. The van der Waals surface area contributed by atoms with Gasteiger partial charge in [-0.2, -0.15) is 5.10 Å². The summed E-state index contributed by atoms with van der Waals surface area (Å²) in [6, 6.07) is 9.12. The van der Waals surface area contributed by atoms with E-state index in [-0.39, 0.29) is 0 Å². The van der Waals surface area contributed by atoms with Crippen molar-refractivity contribution in [1.82, 2.24) is 15.1 Å². The molecule has 2 rings (SSSR count). The molecule has 0 aliphatic carbocycles. The summed E-state index contributed by atoms with van der Waals surface area (Å²) in [5.74, 6) is 0. The predicted octanol–water partition coefficient (Wildman–Crippen LogP) is 4.14. The van der Waals surface area contributed by atoms with E-state index in [0.717, 1.165) is 21.7 Å². The molecule has 0 aliphatic heterocycles. The van der Waals surface area contributed by atoms with Gasteiger partial charge in [0, 0.05) is 29.0 Å². The van der Waals surface area contributed by atoms with Crippen LogP contribution in [0.4, 0.5) is 0 Å². The van der Waals surface area contributed by atoms with Crippen LogP contribution in [0.25, 0.3) is 0 Å². The summed E-state index contributed by atoms with van der Waals surface area (Å²) in [6.45, 7) is 7.22. The second kappa shape index (κ2) is 6.78. The Morgan fingerprint density at radius 2 is 2.10 bits per heavy atom. The smallest absolute Gasteiger partial charge is 0.0987 e. The molecule has 1 aromatic carbocycles. The molecule has 0 atom stereocenters. The number of nitrogens with one attached hydrogen (secondary N) is 1. The Morgan fingerprint density at radius 3 is 2.65 bits per heavy atom. The Hall–Kier alpha value is -0.780. The largest absolute Gasteiger partial charge is 0.310 e. The Kier molecular flexibility index (Phi) is 5.29. The highest BCUT2D eigenvalue weighted by Gasteiger charge is 2.08. The molecule has 1 N–H and O–H groups in total. The summed E-state index contributed by atoms with van der Waals surface area (Å²) in [6.07, 6.45) is 0. The quantitative estimate of drug-likeness (QED) is 0.875. The number of hydrogen-bond donors (Lipinski definition) is 1. The zero-order chi connectivity index (χ0) is 14.7. The van der Waals surface area contributed by atoms with Crippen LogP contribution in [0.3, 0.4) is 0 Å². The van der Waals surface area contributed by atoms with E-state index in [0.29, 0.717) is 6.04 Å². The molecule has 0 unspecified atom stereocenters. The van der Waals surface area contributed by atoms with Crippen molar-refractivity contribution in [2.75, 3.05) is 0 Å². The van der Waals surface area contributed by atoms with Gasteiger partial charge in [-0.3, -0.25) is 4.68 Å². The Bertz CT molecular complexity index is 593. The summed E-state index contributed by atoms with van der Waals surface area (Å²) in [7, 11) is 1.98. The molecule has 0 aliphatic rings. The molecule has 2 aromatic rings. The number of nitrogens with zero attached hydrogens (tertiary/aromatic N) is 2. The fourth-order valence-corrected chi connectivity index (χ4v) is 3.44. The first-order chi connectivity index (χ1) is 9.45. The minimum atomic E-state index is 0.500. The van der Waals surface area contributed by atoms with Crippen molar-refractivity contribution in [3.05, 3.63) is 40.0 Å². The van der Waals surface area contributed by atoms with E-state index < -0.39 is 0 Å². The zero-order valence-corrected chi connectivity index (χ0v) is 14.7. The van der Waals surface area contributed by atoms with E-state index in [1.165, 1.54) is 10.5 Å². The van der Waals surface area contributed by atoms with Crippen LogP contribution in [-0.4, -0.2) is 15.8 Å². The Morgan fingerprint density at radius 1 is 1.35 bits per heavy atom. The van der Waals surface area contributed by atoms with Crippen molar-refractivity contribution in [2.24, 2.45) is 7.05 Å². The Balaban J connectivity index is 2.11. The summed E-state index contributed by atoms with van der Waals surface area (Å²) in [4.78, 5) is 1.21. The number of halogens is 1. The van der Waals surface area contributed by atoms with Crippen LogP contribution < -0.4 is 5.32 Å². The molecule has 108 valence electrons. The lowest BCUT2D eigenvalue weighted by Crippen LogP contribution is -2.21. The molecule has 1 aromatic heterocycles. The SMILES string of the molecule is Cc1cc(Sc2ccc(CNC(C)C)cc2Br)n(C)n1. The molecule has 0 spiro atoms. The summed E-state index contributed by atoms with van der Waals surface area (Å²) >= 11 is 5.39. The molecule has 3 nitrogen and oxygen atoms in total. The lowest BCUT2D eigenvalue weighted by molar-refractivity contribution is 0.588. The van der Waals surface area contributed by atoms with Crippen LogP contribution in [0.5, 0.6) is 0 Å². The molecule has 0 radical (unpaired) electrons. The fraction of sp³-hybridized carbons (Fsp3) is 0.400. The Labute approximate surface area is 133 Å². The van der Waals surface area contributed by atoms with Gasteiger partial charge in [-0.15, -0.1) is 0 Å². The summed E-state index contributed by atoms with van der Waals surface area (Å²) in [5, 5.41) is 8.95. The van der Waals surface area contributed by atoms with Crippen molar-refractivity contribution < 1.29 is 0 Å². The lowest BCUT2D eigenvalue weighted by Gasteiger charge is -2.10. The third-order valence-electron chi connectivity index (χ3n) is 2.88. The zero-order valence-electron chi connectivity index (χ0n) is 12.3. The van der Waals surface area contributed by atoms with Crippen LogP contribution in [0.1, 0.15) is 25.1 Å². The first-order valence-electron chi connectivity index (χ1n) is 6.66. The molecule has 0 amide bonds. The van der Waals surface area contributed by atoms with Gasteiger partial charge in [0.1, 0.15) is 0 Å². The molecule has 20 heavy (non-hydrogen) atoms. The highest BCUT2D eigenvalue weighted by Crippen LogP contribution is 2.34. The predicted molar refractivity (Wildman–Crippen MR) is 88.2 cm³/mol. The van der Waals surface area contributed by atoms with Crippen molar-refractivity contribution >= 4 is 27.7 Å². The second-order valence-electron chi connectivity index (χ2n) is 5.15. The molecular weight excluding hydrogens is 334 g/mol. The van der Waals surface area contributed by atoms with Crippen LogP contribution in [0, 0.1) is 6.92 Å². The second-order valence-corrected chi connectivity index (χ2v) is 7.07. The van der Waals surface area contributed by atoms with Gasteiger partial charge in [0.05, 0.1) is 10.7 Å². The molecule has 1 heterocycles. The first-order valence-corrected chi connectivity index (χ1v) is 8.27. The van der Waals surface area contributed by atoms with Gasteiger partial charge in [-0.05, 0) is 46.6 Å². The number of aromatic nitrogens is 2. The minimum absolute atomic E-state index is 0.500. The van der Waals surface area contributed by atoms with Crippen LogP contribution >= 0.6 is 27.7 Å². The van der Waals surface area contributed by atoms with E-state index in [2.05, 4.69) is 64.5 Å². The van der Waals surface area contributed by atoms with Crippen LogP contribution in [-0.2, 0) is 13.6 Å². The van der Waals surface area contributed by atoms with Gasteiger partial charge in [-0.1, -0.05) is 31.7 Å². The summed E-state index contributed by atoms with van der Waals surface area (Å²) in [5.41, 5.74) is 2.33. The van der Waals surface area contributed by atoms with Crippen molar-refractivity contribution in [3.63, 3.8) is 0 Å². The van der Waals surface area contributed by atoms with Crippen LogP contribution in [0.15, 0.2) is 38.7 Å². The number of benzene rings is 1.